The van der Waals surface area contributed by atoms with Gasteiger partial charge in [-0.2, -0.15) is 0 Å². The van der Waals surface area contributed by atoms with Crippen LogP contribution in [0.3, 0.4) is 0 Å². The third-order valence-corrected chi connectivity index (χ3v) is 3.68. The number of nitrogens with one attached hydrogen (secondary N) is 1. The minimum Gasteiger partial charge on any atom is -0.314 e. The molecule has 1 saturated heterocycles. The topological polar surface area (TPSA) is 46.0 Å². The van der Waals surface area contributed by atoms with E-state index in [0.29, 0.717) is 6.04 Å². The first kappa shape index (κ1) is 14.5. The first-order chi connectivity index (χ1) is 9.24. The molecule has 1 aliphatic heterocycles. The summed E-state index contributed by atoms with van der Waals surface area (Å²) in [6.07, 6.45) is 7.35. The zero-order valence-electron chi connectivity index (χ0n) is 12.3. The Morgan fingerprint density at radius 2 is 2.11 bits per heavy atom. The van der Waals surface area contributed by atoms with Gasteiger partial charge in [-0.05, 0) is 44.8 Å². The first-order valence-corrected chi connectivity index (χ1v) is 7.54. The lowest BCUT2D eigenvalue weighted by atomic mass is 10.0. The molecule has 2 heterocycles. The van der Waals surface area contributed by atoms with Gasteiger partial charge in [0.25, 0.3) is 0 Å². The molecule has 1 fully saturated rings. The number of hydrogen-bond donors (Lipinski definition) is 1. The number of piperidine rings is 1. The molecule has 0 spiro atoms. The fourth-order valence-corrected chi connectivity index (χ4v) is 2.74. The van der Waals surface area contributed by atoms with Crippen LogP contribution in [0.15, 0.2) is 12.4 Å². The molecule has 0 amide bonds. The number of hydrogen-bond acceptors (Lipinski definition) is 4. The largest absolute Gasteiger partial charge is 0.314 e. The van der Waals surface area contributed by atoms with Crippen LogP contribution >= 0.6 is 0 Å². The normalized spacial score (nSPS) is 18.3. The van der Waals surface area contributed by atoms with Crippen molar-refractivity contribution in [2.75, 3.05) is 26.2 Å². The zero-order chi connectivity index (χ0) is 13.5. The Bertz CT molecular complexity index is 328. The van der Waals surface area contributed by atoms with Gasteiger partial charge in [0.1, 0.15) is 0 Å². The number of nitrogens with zero attached hydrogens (tertiary/aromatic N) is 4. The highest BCUT2D eigenvalue weighted by Gasteiger charge is 2.18. The second-order valence-corrected chi connectivity index (χ2v) is 5.94. The van der Waals surface area contributed by atoms with Gasteiger partial charge in [-0.25, -0.2) is 0 Å². The Balaban J connectivity index is 1.53. The summed E-state index contributed by atoms with van der Waals surface area (Å²) in [5.41, 5.74) is 0. The van der Waals surface area contributed by atoms with Crippen LogP contribution in [-0.2, 0) is 6.54 Å². The summed E-state index contributed by atoms with van der Waals surface area (Å²) < 4.78 is 1.90. The van der Waals surface area contributed by atoms with Gasteiger partial charge in [-0.1, -0.05) is 19.1 Å². The second kappa shape index (κ2) is 7.60. The molecule has 5 nitrogen and oxygen atoms in total. The van der Waals surface area contributed by atoms with Gasteiger partial charge in [0.05, 0.1) is 6.20 Å². The maximum Gasteiger partial charge on any atom is 0.0692 e. The Morgan fingerprint density at radius 1 is 1.32 bits per heavy atom. The van der Waals surface area contributed by atoms with Gasteiger partial charge in [-0.15, -0.1) is 5.10 Å². The smallest absolute Gasteiger partial charge is 0.0692 e. The van der Waals surface area contributed by atoms with Crippen molar-refractivity contribution in [2.24, 2.45) is 5.92 Å². The first-order valence-electron chi connectivity index (χ1n) is 7.54. The van der Waals surface area contributed by atoms with Crippen molar-refractivity contribution in [2.45, 2.75) is 45.7 Å². The molecule has 0 radical (unpaired) electrons. The van der Waals surface area contributed by atoms with E-state index in [1.807, 2.05) is 10.9 Å². The molecule has 2 rings (SSSR count). The third kappa shape index (κ3) is 5.28. The molecule has 0 unspecified atom stereocenters. The van der Waals surface area contributed by atoms with E-state index in [9.17, 15) is 0 Å². The molecule has 0 aromatic carbocycles. The number of aromatic nitrogens is 3. The minimum absolute atomic E-state index is 0.708. The number of rotatable bonds is 7. The van der Waals surface area contributed by atoms with E-state index in [1.165, 1.54) is 32.5 Å². The standard InChI is InChI=1S/C14H27N5/c1-13(2)12-18-9-4-14(5-10-18)15-6-3-8-19-11-7-16-17-19/h7,11,13-15H,3-6,8-10,12H2,1-2H3. The van der Waals surface area contributed by atoms with Crippen molar-refractivity contribution in [1.29, 1.82) is 0 Å². The average Bonchev–Trinajstić information content (AvgIpc) is 2.89. The van der Waals surface area contributed by atoms with Crippen LogP contribution in [0.25, 0.3) is 0 Å². The van der Waals surface area contributed by atoms with Crippen molar-refractivity contribution >= 4 is 0 Å². The van der Waals surface area contributed by atoms with Crippen molar-refractivity contribution in [1.82, 2.24) is 25.2 Å². The SMILES string of the molecule is CC(C)CN1CCC(NCCCn2ccnn2)CC1. The lowest BCUT2D eigenvalue weighted by molar-refractivity contribution is 0.180. The van der Waals surface area contributed by atoms with Crippen molar-refractivity contribution in [3.05, 3.63) is 12.4 Å². The molecule has 0 aliphatic carbocycles. The molecule has 1 N–H and O–H groups in total. The maximum absolute atomic E-state index is 3.97. The monoisotopic (exact) mass is 265 g/mol. The molecule has 19 heavy (non-hydrogen) atoms. The van der Waals surface area contributed by atoms with E-state index < -0.39 is 0 Å². The predicted molar refractivity (Wildman–Crippen MR) is 76.9 cm³/mol. The summed E-state index contributed by atoms with van der Waals surface area (Å²) in [5, 5.41) is 11.4. The summed E-state index contributed by atoms with van der Waals surface area (Å²) in [5.74, 6) is 0.784. The summed E-state index contributed by atoms with van der Waals surface area (Å²) in [7, 11) is 0. The third-order valence-electron chi connectivity index (χ3n) is 3.68. The van der Waals surface area contributed by atoms with Crippen LogP contribution in [0.2, 0.25) is 0 Å². The molecule has 1 aromatic heterocycles. The molecule has 108 valence electrons. The molecule has 5 heteroatoms. The highest BCUT2D eigenvalue weighted by molar-refractivity contribution is 4.77. The van der Waals surface area contributed by atoms with Crippen LogP contribution in [0.5, 0.6) is 0 Å². The number of likely N-dealkylation sites (tertiary alicyclic amines) is 1. The van der Waals surface area contributed by atoms with Gasteiger partial charge in [0.15, 0.2) is 0 Å². The highest BCUT2D eigenvalue weighted by Crippen LogP contribution is 2.11. The molecular formula is C14H27N5. The number of aryl methyl sites for hydroxylation is 1. The van der Waals surface area contributed by atoms with E-state index in [0.717, 1.165) is 25.4 Å². The fraction of sp³-hybridized carbons (Fsp3) is 0.857. The lowest BCUT2D eigenvalue weighted by Crippen LogP contribution is -2.43. The molecule has 0 atom stereocenters. The maximum atomic E-state index is 3.97. The van der Waals surface area contributed by atoms with Gasteiger partial charge >= 0.3 is 0 Å². The molecule has 1 aliphatic rings. The van der Waals surface area contributed by atoms with Crippen LogP contribution in [0.1, 0.15) is 33.1 Å². The lowest BCUT2D eigenvalue weighted by Gasteiger charge is -2.33. The van der Waals surface area contributed by atoms with Crippen LogP contribution < -0.4 is 5.32 Å². The quantitative estimate of drug-likeness (QED) is 0.757. The minimum atomic E-state index is 0.708. The van der Waals surface area contributed by atoms with Gasteiger partial charge in [-0.3, -0.25) is 4.68 Å². The molecule has 0 bridgehead atoms. The molecule has 1 aromatic rings. The second-order valence-electron chi connectivity index (χ2n) is 5.94. The fourth-order valence-electron chi connectivity index (χ4n) is 2.74. The summed E-state index contributed by atoms with van der Waals surface area (Å²) in [6.45, 7) is 10.4. The van der Waals surface area contributed by atoms with Crippen molar-refractivity contribution in [3.8, 4) is 0 Å². The van der Waals surface area contributed by atoms with E-state index in [4.69, 9.17) is 0 Å². The van der Waals surface area contributed by atoms with Crippen molar-refractivity contribution < 1.29 is 0 Å². The Hall–Kier alpha value is -0.940. The van der Waals surface area contributed by atoms with Crippen LogP contribution in [-0.4, -0.2) is 52.1 Å². The average molecular weight is 265 g/mol. The van der Waals surface area contributed by atoms with Gasteiger partial charge in [0.2, 0.25) is 0 Å². The van der Waals surface area contributed by atoms with E-state index in [2.05, 4.69) is 34.4 Å². The van der Waals surface area contributed by atoms with E-state index in [-0.39, 0.29) is 0 Å². The van der Waals surface area contributed by atoms with Crippen molar-refractivity contribution in [3.63, 3.8) is 0 Å². The van der Waals surface area contributed by atoms with E-state index in [1.54, 1.807) is 6.20 Å². The summed E-state index contributed by atoms with van der Waals surface area (Å²) in [6, 6.07) is 0.708. The Kier molecular flexibility index (Phi) is 5.79. The van der Waals surface area contributed by atoms with E-state index >= 15 is 0 Å². The van der Waals surface area contributed by atoms with Crippen LogP contribution in [0, 0.1) is 5.92 Å². The molecule has 0 saturated carbocycles. The highest BCUT2D eigenvalue weighted by atomic mass is 15.4. The van der Waals surface area contributed by atoms with Gasteiger partial charge < -0.3 is 10.2 Å². The summed E-state index contributed by atoms with van der Waals surface area (Å²) in [4.78, 5) is 2.60. The molecular weight excluding hydrogens is 238 g/mol. The summed E-state index contributed by atoms with van der Waals surface area (Å²) >= 11 is 0. The predicted octanol–water partition coefficient (Wildman–Crippen LogP) is 1.38. The van der Waals surface area contributed by atoms with Crippen LogP contribution in [0.4, 0.5) is 0 Å². The van der Waals surface area contributed by atoms with Gasteiger partial charge in [0, 0.05) is 25.3 Å². The Labute approximate surface area is 116 Å². The zero-order valence-corrected chi connectivity index (χ0v) is 12.3. The Morgan fingerprint density at radius 3 is 2.74 bits per heavy atom.